The molecule has 0 spiro atoms. The van der Waals surface area contributed by atoms with Crippen LogP contribution in [0.3, 0.4) is 0 Å². The Labute approximate surface area is 109 Å². The van der Waals surface area contributed by atoms with Crippen LogP contribution in [0.5, 0.6) is 0 Å². The highest BCUT2D eigenvalue weighted by atomic mass is 35.5. The average Bonchev–Trinajstić information content (AvgIpc) is 2.81. The topological polar surface area (TPSA) is 30.2 Å². The predicted octanol–water partition coefficient (Wildman–Crippen LogP) is 3.84. The summed E-state index contributed by atoms with van der Waals surface area (Å²) in [5.74, 6) is 1.24. The van der Waals surface area contributed by atoms with Gasteiger partial charge >= 0.3 is 0 Å². The summed E-state index contributed by atoms with van der Waals surface area (Å²) in [4.78, 5) is 12.6. The van der Waals surface area contributed by atoms with Gasteiger partial charge in [-0.15, -0.1) is 11.8 Å². The van der Waals surface area contributed by atoms with Gasteiger partial charge in [-0.25, -0.2) is 0 Å². The largest absolute Gasteiger partial charge is 0.469 e. The van der Waals surface area contributed by atoms with Crippen molar-refractivity contribution in [1.29, 1.82) is 0 Å². The third-order valence-corrected chi connectivity index (χ3v) is 3.75. The molecule has 0 N–H and O–H groups in total. The Morgan fingerprint density at radius 2 is 2.06 bits per heavy atom. The summed E-state index contributed by atoms with van der Waals surface area (Å²) in [7, 11) is 0. The maximum atomic E-state index is 11.7. The van der Waals surface area contributed by atoms with Gasteiger partial charge in [0.15, 0.2) is 5.78 Å². The summed E-state index contributed by atoms with van der Waals surface area (Å²) in [5.41, 5.74) is 0. The number of carbonyl (C=O) groups excluding carboxylic acids is 1. The smallest absolute Gasteiger partial charge is 0.150 e. The van der Waals surface area contributed by atoms with Crippen LogP contribution in [0.15, 0.2) is 52.0 Å². The fraction of sp³-hybridized carbons (Fsp3) is 0.154. The number of Topliss-reactive ketones (excluding diaryl/α,β-unsaturated/α-hetero) is 1. The third kappa shape index (κ3) is 3.65. The van der Waals surface area contributed by atoms with Crippen molar-refractivity contribution in [2.24, 2.45) is 0 Å². The number of carbonyl (C=O) groups is 1. The second kappa shape index (κ2) is 5.94. The van der Waals surface area contributed by atoms with Crippen LogP contribution in [0.25, 0.3) is 0 Å². The minimum absolute atomic E-state index is 0.130. The minimum atomic E-state index is 0.130. The molecular formula is C13H11ClO2S. The highest BCUT2D eigenvalue weighted by Crippen LogP contribution is 2.26. The van der Waals surface area contributed by atoms with Crippen LogP contribution in [0, 0.1) is 0 Å². The normalized spacial score (nSPS) is 10.4. The molecule has 0 amide bonds. The van der Waals surface area contributed by atoms with Crippen LogP contribution < -0.4 is 0 Å². The first-order chi connectivity index (χ1) is 8.25. The molecule has 0 atom stereocenters. The number of rotatable bonds is 5. The van der Waals surface area contributed by atoms with Crippen LogP contribution in [0.4, 0.5) is 0 Å². The molecule has 4 heteroatoms. The van der Waals surface area contributed by atoms with Crippen molar-refractivity contribution in [3.8, 4) is 0 Å². The Morgan fingerprint density at radius 3 is 2.76 bits per heavy atom. The third-order valence-electron chi connectivity index (χ3n) is 2.18. The highest BCUT2D eigenvalue weighted by Gasteiger charge is 2.08. The maximum absolute atomic E-state index is 11.7. The molecule has 2 aromatic rings. The van der Waals surface area contributed by atoms with Gasteiger partial charge in [0.2, 0.25) is 0 Å². The van der Waals surface area contributed by atoms with Crippen molar-refractivity contribution in [1.82, 2.24) is 0 Å². The molecule has 0 saturated carbocycles. The van der Waals surface area contributed by atoms with Crippen molar-refractivity contribution in [2.75, 3.05) is 5.75 Å². The van der Waals surface area contributed by atoms with Crippen LogP contribution in [0.2, 0.25) is 5.02 Å². The molecule has 0 aliphatic carbocycles. The Balaban J connectivity index is 1.86. The van der Waals surface area contributed by atoms with E-state index in [9.17, 15) is 4.79 Å². The minimum Gasteiger partial charge on any atom is -0.469 e. The second-order valence-electron chi connectivity index (χ2n) is 3.51. The molecule has 1 aromatic carbocycles. The average molecular weight is 267 g/mol. The summed E-state index contributed by atoms with van der Waals surface area (Å²) >= 11 is 7.45. The van der Waals surface area contributed by atoms with E-state index in [0.717, 1.165) is 4.90 Å². The van der Waals surface area contributed by atoms with Crippen molar-refractivity contribution in [3.63, 3.8) is 0 Å². The zero-order valence-corrected chi connectivity index (χ0v) is 10.6. The van der Waals surface area contributed by atoms with Crippen molar-refractivity contribution in [2.45, 2.75) is 11.3 Å². The first-order valence-corrected chi connectivity index (χ1v) is 6.53. The van der Waals surface area contributed by atoms with E-state index in [1.807, 2.05) is 24.3 Å². The molecule has 0 aliphatic heterocycles. The van der Waals surface area contributed by atoms with E-state index in [2.05, 4.69) is 0 Å². The molecule has 17 heavy (non-hydrogen) atoms. The van der Waals surface area contributed by atoms with Gasteiger partial charge < -0.3 is 4.42 Å². The predicted molar refractivity (Wildman–Crippen MR) is 69.6 cm³/mol. The van der Waals surface area contributed by atoms with Crippen molar-refractivity contribution in [3.05, 3.63) is 53.4 Å². The van der Waals surface area contributed by atoms with Crippen LogP contribution in [-0.4, -0.2) is 11.5 Å². The van der Waals surface area contributed by atoms with Gasteiger partial charge in [0, 0.05) is 4.90 Å². The molecule has 1 heterocycles. The van der Waals surface area contributed by atoms with E-state index < -0.39 is 0 Å². The number of benzene rings is 1. The fourth-order valence-electron chi connectivity index (χ4n) is 1.38. The van der Waals surface area contributed by atoms with Gasteiger partial charge in [-0.2, -0.15) is 0 Å². The van der Waals surface area contributed by atoms with Gasteiger partial charge in [-0.1, -0.05) is 23.7 Å². The maximum Gasteiger partial charge on any atom is 0.150 e. The summed E-state index contributed by atoms with van der Waals surface area (Å²) in [5, 5.41) is 0.684. The summed E-state index contributed by atoms with van der Waals surface area (Å²) < 4.78 is 5.12. The molecule has 0 bridgehead atoms. The van der Waals surface area contributed by atoms with Crippen LogP contribution in [-0.2, 0) is 11.2 Å². The molecule has 0 radical (unpaired) electrons. The van der Waals surface area contributed by atoms with Crippen LogP contribution in [0.1, 0.15) is 5.76 Å². The van der Waals surface area contributed by atoms with Gasteiger partial charge in [0.25, 0.3) is 0 Å². The lowest BCUT2D eigenvalue weighted by Gasteiger charge is -2.02. The second-order valence-corrected chi connectivity index (χ2v) is 4.94. The molecule has 0 unspecified atom stereocenters. The molecule has 2 nitrogen and oxygen atoms in total. The quantitative estimate of drug-likeness (QED) is 0.771. The van der Waals surface area contributed by atoms with Crippen LogP contribution >= 0.6 is 23.4 Å². The monoisotopic (exact) mass is 266 g/mol. The molecule has 2 rings (SSSR count). The number of furan rings is 1. The zero-order valence-electron chi connectivity index (χ0n) is 9.06. The van der Waals surface area contributed by atoms with Gasteiger partial charge in [-0.05, 0) is 24.3 Å². The lowest BCUT2D eigenvalue weighted by Crippen LogP contribution is -2.04. The number of halogens is 1. The number of hydrogen-bond acceptors (Lipinski definition) is 3. The summed E-state index contributed by atoms with van der Waals surface area (Å²) in [6.07, 6.45) is 1.91. The lowest BCUT2D eigenvalue weighted by molar-refractivity contribution is -0.116. The fourth-order valence-corrected chi connectivity index (χ4v) is 2.48. The molecule has 88 valence electrons. The number of hydrogen-bond donors (Lipinski definition) is 0. The first-order valence-electron chi connectivity index (χ1n) is 5.17. The molecule has 1 aromatic heterocycles. The van der Waals surface area contributed by atoms with Crippen molar-refractivity contribution < 1.29 is 9.21 Å². The number of ketones is 1. The Kier molecular flexibility index (Phi) is 4.29. The van der Waals surface area contributed by atoms with Gasteiger partial charge in [-0.3, -0.25) is 4.79 Å². The molecule has 0 aliphatic rings. The molecule has 0 fully saturated rings. The summed E-state index contributed by atoms with van der Waals surface area (Å²) in [6.45, 7) is 0. The SMILES string of the molecule is O=C(CSc1ccccc1Cl)Cc1ccco1. The molecule has 0 saturated heterocycles. The Bertz CT molecular complexity index is 494. The zero-order chi connectivity index (χ0) is 12.1. The lowest BCUT2D eigenvalue weighted by atomic mass is 10.2. The van der Waals surface area contributed by atoms with E-state index in [4.69, 9.17) is 16.0 Å². The standard InChI is InChI=1S/C13H11ClO2S/c14-12-5-1-2-6-13(12)17-9-10(15)8-11-4-3-7-16-11/h1-7H,8-9H2. The Hall–Kier alpha value is -1.19. The highest BCUT2D eigenvalue weighted by molar-refractivity contribution is 8.00. The Morgan fingerprint density at radius 1 is 1.24 bits per heavy atom. The van der Waals surface area contributed by atoms with E-state index in [1.165, 1.54) is 11.8 Å². The summed E-state index contributed by atoms with van der Waals surface area (Å²) in [6, 6.07) is 11.1. The number of thioether (sulfide) groups is 1. The van der Waals surface area contributed by atoms with Gasteiger partial charge in [0.05, 0.1) is 23.5 Å². The van der Waals surface area contributed by atoms with E-state index >= 15 is 0 Å². The first kappa shape index (κ1) is 12.3. The van der Waals surface area contributed by atoms with E-state index in [-0.39, 0.29) is 5.78 Å². The van der Waals surface area contributed by atoms with Gasteiger partial charge in [0.1, 0.15) is 5.76 Å². The molecular weight excluding hydrogens is 256 g/mol. The van der Waals surface area contributed by atoms with E-state index in [0.29, 0.717) is 23.0 Å². The van der Waals surface area contributed by atoms with E-state index in [1.54, 1.807) is 18.4 Å². The van der Waals surface area contributed by atoms with Crippen molar-refractivity contribution >= 4 is 29.1 Å².